The third kappa shape index (κ3) is 4.11. The zero-order valence-electron chi connectivity index (χ0n) is 11.9. The van der Waals surface area contributed by atoms with Crippen LogP contribution in [-0.2, 0) is 16.0 Å². The van der Waals surface area contributed by atoms with Crippen molar-refractivity contribution in [1.29, 1.82) is 0 Å². The quantitative estimate of drug-likeness (QED) is 0.799. The van der Waals surface area contributed by atoms with Gasteiger partial charge < -0.3 is 19.9 Å². The molecule has 1 amide bonds. The Kier molecular flexibility index (Phi) is 5.03. The van der Waals surface area contributed by atoms with Gasteiger partial charge in [-0.05, 0) is 24.1 Å². The van der Waals surface area contributed by atoms with Crippen LogP contribution in [0.15, 0.2) is 18.2 Å². The zero-order chi connectivity index (χ0) is 15.2. The SMILES string of the molecule is CCCC[C@H](NC(=O)Cc1ccc2c(c1)OCO2)C(=O)O. The summed E-state index contributed by atoms with van der Waals surface area (Å²) in [5.74, 6) is -0.0357. The summed E-state index contributed by atoms with van der Waals surface area (Å²) < 4.78 is 10.4. The lowest BCUT2D eigenvalue weighted by Gasteiger charge is -2.14. The van der Waals surface area contributed by atoms with Crippen molar-refractivity contribution < 1.29 is 24.2 Å². The van der Waals surface area contributed by atoms with Crippen LogP contribution in [0.1, 0.15) is 31.7 Å². The maximum absolute atomic E-state index is 11.9. The third-order valence-corrected chi connectivity index (χ3v) is 3.28. The van der Waals surface area contributed by atoms with Crippen molar-refractivity contribution >= 4 is 11.9 Å². The summed E-state index contributed by atoms with van der Waals surface area (Å²) in [6.45, 7) is 2.16. The predicted octanol–water partition coefficient (Wildman–Crippen LogP) is 1.72. The Hall–Kier alpha value is -2.24. The van der Waals surface area contributed by atoms with E-state index < -0.39 is 12.0 Å². The van der Waals surface area contributed by atoms with Crippen LogP contribution < -0.4 is 14.8 Å². The molecule has 114 valence electrons. The Balaban J connectivity index is 1.92. The molecule has 1 aromatic rings. The molecular weight excluding hydrogens is 274 g/mol. The second-order valence-electron chi connectivity index (χ2n) is 4.96. The number of hydrogen-bond acceptors (Lipinski definition) is 4. The molecule has 6 nitrogen and oxygen atoms in total. The van der Waals surface area contributed by atoms with Gasteiger partial charge in [0.1, 0.15) is 6.04 Å². The highest BCUT2D eigenvalue weighted by atomic mass is 16.7. The van der Waals surface area contributed by atoms with Gasteiger partial charge in [-0.25, -0.2) is 4.79 Å². The van der Waals surface area contributed by atoms with Crippen LogP contribution in [0.2, 0.25) is 0 Å². The van der Waals surface area contributed by atoms with E-state index in [0.717, 1.165) is 18.4 Å². The number of hydrogen-bond donors (Lipinski definition) is 2. The van der Waals surface area contributed by atoms with E-state index in [-0.39, 0.29) is 19.1 Å². The predicted molar refractivity (Wildman–Crippen MR) is 75.4 cm³/mol. The Morgan fingerprint density at radius 2 is 2.10 bits per heavy atom. The minimum atomic E-state index is -0.998. The van der Waals surface area contributed by atoms with E-state index in [9.17, 15) is 9.59 Å². The van der Waals surface area contributed by atoms with Crippen molar-refractivity contribution in [2.75, 3.05) is 6.79 Å². The summed E-state index contributed by atoms with van der Waals surface area (Å²) in [6.07, 6.45) is 2.22. The van der Waals surface area contributed by atoms with Crippen LogP contribution >= 0.6 is 0 Å². The molecule has 0 aliphatic carbocycles. The standard InChI is InChI=1S/C15H19NO5/c1-2-3-4-11(15(18)19)16-14(17)8-10-5-6-12-13(7-10)21-9-20-12/h5-7,11H,2-4,8-9H2,1H3,(H,16,17)(H,18,19)/t11-/m0/s1. The number of carboxylic acid groups (broad SMARTS) is 1. The first-order valence-corrected chi connectivity index (χ1v) is 7.01. The molecule has 2 rings (SSSR count). The van der Waals surface area contributed by atoms with Crippen molar-refractivity contribution in [2.45, 2.75) is 38.6 Å². The van der Waals surface area contributed by atoms with Crippen molar-refractivity contribution in [3.8, 4) is 11.5 Å². The lowest BCUT2D eigenvalue weighted by molar-refractivity contribution is -0.142. The van der Waals surface area contributed by atoms with Crippen molar-refractivity contribution in [3.63, 3.8) is 0 Å². The summed E-state index contributed by atoms with van der Waals surface area (Å²) in [7, 11) is 0. The first kappa shape index (κ1) is 15.2. The third-order valence-electron chi connectivity index (χ3n) is 3.28. The number of carbonyl (C=O) groups excluding carboxylic acids is 1. The summed E-state index contributed by atoms with van der Waals surface area (Å²) in [5.41, 5.74) is 0.761. The molecule has 0 saturated heterocycles. The number of ether oxygens (including phenoxy) is 2. The molecule has 1 aliphatic rings. The van der Waals surface area contributed by atoms with Gasteiger partial charge >= 0.3 is 5.97 Å². The molecule has 0 spiro atoms. The van der Waals surface area contributed by atoms with Crippen LogP contribution in [0.5, 0.6) is 11.5 Å². The van der Waals surface area contributed by atoms with E-state index in [1.807, 2.05) is 6.92 Å². The van der Waals surface area contributed by atoms with Gasteiger partial charge in [0.05, 0.1) is 6.42 Å². The second-order valence-corrected chi connectivity index (χ2v) is 4.96. The van der Waals surface area contributed by atoms with Crippen LogP contribution in [0.3, 0.4) is 0 Å². The molecule has 0 fully saturated rings. The maximum atomic E-state index is 11.9. The lowest BCUT2D eigenvalue weighted by Crippen LogP contribution is -2.41. The molecule has 2 N–H and O–H groups in total. The Morgan fingerprint density at radius 3 is 2.81 bits per heavy atom. The Morgan fingerprint density at radius 1 is 1.33 bits per heavy atom. The van der Waals surface area contributed by atoms with E-state index in [2.05, 4.69) is 5.32 Å². The number of carboxylic acids is 1. The van der Waals surface area contributed by atoms with Gasteiger partial charge in [0.15, 0.2) is 11.5 Å². The maximum Gasteiger partial charge on any atom is 0.326 e. The molecule has 6 heteroatoms. The number of rotatable bonds is 7. The number of benzene rings is 1. The number of amides is 1. The molecule has 0 aromatic heterocycles. The van der Waals surface area contributed by atoms with Crippen molar-refractivity contribution in [1.82, 2.24) is 5.32 Å². The zero-order valence-corrected chi connectivity index (χ0v) is 11.9. The van der Waals surface area contributed by atoms with Gasteiger partial charge in [-0.3, -0.25) is 4.79 Å². The van der Waals surface area contributed by atoms with E-state index in [1.54, 1.807) is 18.2 Å². The highest BCUT2D eigenvalue weighted by molar-refractivity contribution is 5.84. The molecular formula is C15H19NO5. The van der Waals surface area contributed by atoms with E-state index in [1.165, 1.54) is 0 Å². The highest BCUT2D eigenvalue weighted by Crippen LogP contribution is 2.32. The van der Waals surface area contributed by atoms with Crippen LogP contribution in [-0.4, -0.2) is 29.8 Å². The van der Waals surface area contributed by atoms with Crippen LogP contribution in [0.4, 0.5) is 0 Å². The Bertz CT molecular complexity index is 529. The van der Waals surface area contributed by atoms with Gasteiger partial charge in [-0.15, -0.1) is 0 Å². The summed E-state index contributed by atoms with van der Waals surface area (Å²) >= 11 is 0. The molecule has 1 aromatic carbocycles. The normalized spacial score (nSPS) is 13.8. The highest BCUT2D eigenvalue weighted by Gasteiger charge is 2.20. The number of fused-ring (bicyclic) bond motifs is 1. The van der Waals surface area contributed by atoms with Gasteiger partial charge in [-0.2, -0.15) is 0 Å². The fourth-order valence-corrected chi connectivity index (χ4v) is 2.15. The molecule has 1 heterocycles. The van der Waals surface area contributed by atoms with E-state index >= 15 is 0 Å². The second kappa shape index (κ2) is 6.97. The van der Waals surface area contributed by atoms with Crippen molar-refractivity contribution in [3.05, 3.63) is 23.8 Å². The molecule has 0 radical (unpaired) electrons. The summed E-state index contributed by atoms with van der Waals surface area (Å²) in [4.78, 5) is 23.0. The van der Waals surface area contributed by atoms with Crippen molar-refractivity contribution in [2.24, 2.45) is 0 Å². The topological polar surface area (TPSA) is 84.9 Å². The minimum Gasteiger partial charge on any atom is -0.480 e. The monoisotopic (exact) mass is 293 g/mol. The van der Waals surface area contributed by atoms with Gasteiger partial charge in [0, 0.05) is 0 Å². The van der Waals surface area contributed by atoms with Gasteiger partial charge in [-0.1, -0.05) is 25.8 Å². The summed E-state index contributed by atoms with van der Waals surface area (Å²) in [5, 5.41) is 11.6. The number of unbranched alkanes of at least 4 members (excludes halogenated alkanes) is 1. The average Bonchev–Trinajstić information content (AvgIpc) is 2.90. The van der Waals surface area contributed by atoms with Gasteiger partial charge in [0.2, 0.25) is 12.7 Å². The van der Waals surface area contributed by atoms with E-state index in [0.29, 0.717) is 17.9 Å². The first-order valence-electron chi connectivity index (χ1n) is 7.01. The number of nitrogens with one attached hydrogen (secondary N) is 1. The smallest absolute Gasteiger partial charge is 0.326 e. The minimum absolute atomic E-state index is 0.118. The molecule has 21 heavy (non-hydrogen) atoms. The molecule has 1 aliphatic heterocycles. The molecule has 0 bridgehead atoms. The van der Waals surface area contributed by atoms with Gasteiger partial charge in [0.25, 0.3) is 0 Å². The first-order chi connectivity index (χ1) is 10.1. The number of carbonyl (C=O) groups is 2. The largest absolute Gasteiger partial charge is 0.480 e. The molecule has 1 atom stereocenters. The summed E-state index contributed by atoms with van der Waals surface area (Å²) in [6, 6.07) is 4.43. The molecule has 0 saturated carbocycles. The molecule has 0 unspecified atom stereocenters. The van der Waals surface area contributed by atoms with Crippen LogP contribution in [0, 0.1) is 0 Å². The number of aliphatic carboxylic acids is 1. The fourth-order valence-electron chi connectivity index (χ4n) is 2.15. The lowest BCUT2D eigenvalue weighted by atomic mass is 10.1. The fraction of sp³-hybridized carbons (Fsp3) is 0.467. The Labute approximate surface area is 123 Å². The van der Waals surface area contributed by atoms with E-state index in [4.69, 9.17) is 14.6 Å². The van der Waals surface area contributed by atoms with Crippen LogP contribution in [0.25, 0.3) is 0 Å². The average molecular weight is 293 g/mol.